The van der Waals surface area contributed by atoms with E-state index in [-0.39, 0.29) is 0 Å². The zero-order valence-electron chi connectivity index (χ0n) is 9.01. The third kappa shape index (κ3) is 2.04. The lowest BCUT2D eigenvalue weighted by molar-refractivity contribution is 0.459. The van der Waals surface area contributed by atoms with Crippen LogP contribution in [0.4, 0.5) is 0 Å². The van der Waals surface area contributed by atoms with Crippen LogP contribution in [0.3, 0.4) is 0 Å². The average Bonchev–Trinajstić information content (AvgIpc) is 2.60. The van der Waals surface area contributed by atoms with Crippen LogP contribution in [0, 0.1) is 6.92 Å². The molecule has 84 valence electrons. The summed E-state index contributed by atoms with van der Waals surface area (Å²) in [5.74, 6) is -0.108. The molecule has 0 atom stereocenters. The summed E-state index contributed by atoms with van der Waals surface area (Å²) in [6.07, 6.45) is 0.466. The number of hydrogen-bond acceptors (Lipinski definition) is 4. The summed E-state index contributed by atoms with van der Waals surface area (Å²) in [6.45, 7) is 2.36. The van der Waals surface area contributed by atoms with E-state index in [1.807, 2.05) is 31.2 Å². The van der Waals surface area contributed by atoms with Crippen molar-refractivity contribution < 1.29 is 4.42 Å². The zero-order valence-corrected chi connectivity index (χ0v) is 9.01. The Morgan fingerprint density at radius 2 is 2.31 bits per heavy atom. The number of benzene rings is 1. The van der Waals surface area contributed by atoms with Gasteiger partial charge in [0.2, 0.25) is 5.89 Å². The van der Waals surface area contributed by atoms with E-state index in [1.165, 1.54) is 4.68 Å². The van der Waals surface area contributed by atoms with Gasteiger partial charge in [-0.1, -0.05) is 12.1 Å². The molecule has 5 nitrogen and oxygen atoms in total. The zero-order chi connectivity index (χ0) is 11.5. The minimum Gasteiger partial charge on any atom is -0.392 e. The van der Waals surface area contributed by atoms with Crippen molar-refractivity contribution in [1.29, 1.82) is 0 Å². The first-order chi connectivity index (χ1) is 7.70. The van der Waals surface area contributed by atoms with Crippen LogP contribution in [0.2, 0.25) is 0 Å². The highest BCUT2D eigenvalue weighted by molar-refractivity contribution is 5.33. The highest BCUT2D eigenvalue weighted by atomic mass is 16.4. The van der Waals surface area contributed by atoms with E-state index in [9.17, 15) is 4.79 Å². The molecule has 0 bridgehead atoms. The summed E-state index contributed by atoms with van der Waals surface area (Å²) in [5, 5.41) is 4.07. The Labute approximate surface area is 92.5 Å². The molecule has 1 aromatic carbocycles. The van der Waals surface area contributed by atoms with Crippen molar-refractivity contribution in [2.45, 2.75) is 13.3 Å². The van der Waals surface area contributed by atoms with Crippen LogP contribution < -0.4 is 11.5 Å². The number of nitrogens with two attached hydrogens (primary N) is 1. The quantitative estimate of drug-likeness (QED) is 0.821. The van der Waals surface area contributed by atoms with E-state index in [4.69, 9.17) is 10.2 Å². The van der Waals surface area contributed by atoms with Gasteiger partial charge in [0.25, 0.3) is 0 Å². The molecule has 2 aromatic rings. The van der Waals surface area contributed by atoms with E-state index in [0.29, 0.717) is 24.5 Å². The third-order valence-corrected chi connectivity index (χ3v) is 2.19. The molecule has 0 aliphatic carbocycles. The lowest BCUT2D eigenvalue weighted by atomic mass is 10.2. The number of nitrogens with zero attached hydrogens (tertiary/aromatic N) is 2. The largest absolute Gasteiger partial charge is 0.441 e. The number of aromatic nitrogens is 2. The predicted molar refractivity (Wildman–Crippen MR) is 59.6 cm³/mol. The first-order valence-electron chi connectivity index (χ1n) is 5.07. The van der Waals surface area contributed by atoms with Crippen molar-refractivity contribution >= 4 is 0 Å². The maximum Gasteiger partial charge on any atom is 0.441 e. The molecule has 2 N–H and O–H groups in total. The van der Waals surface area contributed by atoms with Crippen LogP contribution in [0.5, 0.6) is 0 Å². The fraction of sp³-hybridized carbons (Fsp3) is 0.273. The van der Waals surface area contributed by atoms with Gasteiger partial charge >= 0.3 is 5.76 Å². The molecule has 16 heavy (non-hydrogen) atoms. The second kappa shape index (κ2) is 4.32. The lowest BCUT2D eigenvalue weighted by Gasteiger charge is -1.98. The summed E-state index contributed by atoms with van der Waals surface area (Å²) < 4.78 is 6.21. The van der Waals surface area contributed by atoms with Crippen LogP contribution in [0.15, 0.2) is 33.5 Å². The van der Waals surface area contributed by atoms with Crippen molar-refractivity contribution in [2.75, 3.05) is 6.54 Å². The molecule has 2 rings (SSSR count). The highest BCUT2D eigenvalue weighted by Gasteiger charge is 2.08. The topological polar surface area (TPSA) is 74.1 Å². The molecule has 0 spiro atoms. The fourth-order valence-corrected chi connectivity index (χ4v) is 1.46. The number of hydrogen-bond donors (Lipinski definition) is 1. The van der Waals surface area contributed by atoms with E-state index >= 15 is 0 Å². The summed E-state index contributed by atoms with van der Waals surface area (Å²) in [5.41, 5.74) is 7.14. The van der Waals surface area contributed by atoms with Crippen LogP contribution in [-0.2, 0) is 6.42 Å². The fourth-order valence-electron chi connectivity index (χ4n) is 1.46. The molecular weight excluding hydrogens is 206 g/mol. The summed E-state index contributed by atoms with van der Waals surface area (Å²) >= 11 is 0. The van der Waals surface area contributed by atoms with Crippen LogP contribution in [-0.4, -0.2) is 16.3 Å². The molecule has 1 heterocycles. The van der Waals surface area contributed by atoms with Crippen molar-refractivity contribution in [1.82, 2.24) is 9.78 Å². The Morgan fingerprint density at radius 3 is 3.00 bits per heavy atom. The minimum absolute atomic E-state index is 0.369. The van der Waals surface area contributed by atoms with Gasteiger partial charge in [0.15, 0.2) is 0 Å². The summed E-state index contributed by atoms with van der Waals surface area (Å²) in [7, 11) is 0. The first-order valence-corrected chi connectivity index (χ1v) is 5.07. The van der Waals surface area contributed by atoms with Crippen molar-refractivity contribution in [3.05, 3.63) is 46.3 Å². The molecule has 5 heteroatoms. The van der Waals surface area contributed by atoms with Crippen LogP contribution >= 0.6 is 0 Å². The molecule has 0 radical (unpaired) electrons. The smallest absolute Gasteiger partial charge is 0.392 e. The third-order valence-electron chi connectivity index (χ3n) is 2.19. The van der Waals surface area contributed by atoms with Crippen LogP contribution in [0.25, 0.3) is 5.69 Å². The maximum atomic E-state index is 11.5. The standard InChI is InChI=1S/C11H13N3O2/c1-8-3-2-4-9(7-8)14-11(15)16-10(13-14)5-6-12/h2-4,7H,5-6,12H2,1H3. The lowest BCUT2D eigenvalue weighted by Crippen LogP contribution is -2.13. The van der Waals surface area contributed by atoms with Crippen molar-refractivity contribution in [3.8, 4) is 5.69 Å². The Morgan fingerprint density at radius 1 is 1.50 bits per heavy atom. The second-order valence-electron chi connectivity index (χ2n) is 3.55. The Kier molecular flexibility index (Phi) is 2.87. The molecule has 0 fully saturated rings. The monoisotopic (exact) mass is 219 g/mol. The van der Waals surface area contributed by atoms with Gasteiger partial charge in [-0.25, -0.2) is 4.79 Å². The van der Waals surface area contributed by atoms with E-state index in [0.717, 1.165) is 5.56 Å². The first kappa shape index (κ1) is 10.6. The molecule has 0 amide bonds. The van der Waals surface area contributed by atoms with Gasteiger partial charge in [0, 0.05) is 13.0 Å². The van der Waals surface area contributed by atoms with Crippen molar-refractivity contribution in [3.63, 3.8) is 0 Å². The molecule has 0 saturated carbocycles. The second-order valence-corrected chi connectivity index (χ2v) is 3.55. The van der Waals surface area contributed by atoms with Gasteiger partial charge in [-0.2, -0.15) is 4.68 Å². The molecular formula is C11H13N3O2. The van der Waals surface area contributed by atoms with E-state index in [2.05, 4.69) is 5.10 Å². The number of aryl methyl sites for hydroxylation is 1. The van der Waals surface area contributed by atoms with Gasteiger partial charge in [-0.05, 0) is 24.6 Å². The summed E-state index contributed by atoms with van der Waals surface area (Å²) in [6, 6.07) is 7.50. The molecule has 0 aliphatic heterocycles. The molecule has 1 aromatic heterocycles. The summed E-state index contributed by atoms with van der Waals surface area (Å²) in [4.78, 5) is 11.5. The number of rotatable bonds is 3. The highest BCUT2D eigenvalue weighted by Crippen LogP contribution is 2.07. The van der Waals surface area contributed by atoms with Gasteiger partial charge in [0.1, 0.15) is 0 Å². The molecule has 0 aliphatic rings. The van der Waals surface area contributed by atoms with E-state index in [1.54, 1.807) is 0 Å². The normalized spacial score (nSPS) is 10.6. The van der Waals surface area contributed by atoms with Gasteiger partial charge < -0.3 is 10.2 Å². The van der Waals surface area contributed by atoms with E-state index < -0.39 is 5.76 Å². The Hall–Kier alpha value is -1.88. The minimum atomic E-state index is -0.478. The van der Waals surface area contributed by atoms with Crippen molar-refractivity contribution in [2.24, 2.45) is 5.73 Å². The molecule has 0 unspecified atom stereocenters. The van der Waals surface area contributed by atoms with Gasteiger partial charge in [0.05, 0.1) is 5.69 Å². The van der Waals surface area contributed by atoms with Gasteiger partial charge in [-0.15, -0.1) is 5.10 Å². The SMILES string of the molecule is Cc1cccc(-n2nc(CCN)oc2=O)c1. The van der Waals surface area contributed by atoms with Gasteiger partial charge in [-0.3, -0.25) is 0 Å². The average molecular weight is 219 g/mol. The van der Waals surface area contributed by atoms with Crippen LogP contribution in [0.1, 0.15) is 11.5 Å². The predicted octanol–water partition coefficient (Wildman–Crippen LogP) is 0.635. The Bertz CT molecular complexity index is 542. The maximum absolute atomic E-state index is 11.5. The Balaban J connectivity index is 2.44. The molecule has 0 saturated heterocycles.